The van der Waals surface area contributed by atoms with Gasteiger partial charge in [0.2, 0.25) is 0 Å². The van der Waals surface area contributed by atoms with Crippen LogP contribution in [0.15, 0.2) is 24.3 Å². The van der Waals surface area contributed by atoms with Crippen LogP contribution in [0.25, 0.3) is 0 Å². The zero-order chi connectivity index (χ0) is 11.7. The van der Waals surface area contributed by atoms with Crippen LogP contribution in [0.4, 0.5) is 5.69 Å². The monoisotopic (exact) mass is 221 g/mol. The van der Waals surface area contributed by atoms with E-state index < -0.39 is 12.2 Å². The first-order valence-electron chi connectivity index (χ1n) is 5.30. The minimum absolute atomic E-state index is 0.0352. The van der Waals surface area contributed by atoms with E-state index in [0.29, 0.717) is 18.7 Å². The van der Waals surface area contributed by atoms with Crippen LogP contribution < -0.4 is 4.90 Å². The van der Waals surface area contributed by atoms with Crippen molar-refractivity contribution in [2.75, 3.05) is 18.0 Å². The van der Waals surface area contributed by atoms with Crippen molar-refractivity contribution in [3.05, 3.63) is 29.8 Å². The van der Waals surface area contributed by atoms with Crippen molar-refractivity contribution in [2.45, 2.75) is 19.1 Å². The Morgan fingerprint density at radius 3 is 2.12 bits per heavy atom. The lowest BCUT2D eigenvalue weighted by atomic mass is 10.1. The van der Waals surface area contributed by atoms with Crippen molar-refractivity contribution in [1.29, 1.82) is 0 Å². The molecular weight excluding hydrogens is 206 g/mol. The molecule has 1 heterocycles. The first kappa shape index (κ1) is 11.1. The smallest absolute Gasteiger partial charge is 0.159 e. The van der Waals surface area contributed by atoms with Gasteiger partial charge in [-0.2, -0.15) is 0 Å². The molecule has 1 saturated heterocycles. The molecule has 0 spiro atoms. The summed E-state index contributed by atoms with van der Waals surface area (Å²) in [6.45, 7) is 2.39. The molecule has 0 radical (unpaired) electrons. The fourth-order valence-electron chi connectivity index (χ4n) is 1.89. The molecular formula is C12H15NO3. The molecule has 1 fully saturated rings. The zero-order valence-electron chi connectivity index (χ0n) is 9.13. The molecule has 0 amide bonds. The Labute approximate surface area is 94.1 Å². The largest absolute Gasteiger partial charge is 0.389 e. The summed E-state index contributed by atoms with van der Waals surface area (Å²) in [5.41, 5.74) is 1.59. The maximum Gasteiger partial charge on any atom is 0.159 e. The second-order valence-electron chi connectivity index (χ2n) is 4.14. The summed E-state index contributed by atoms with van der Waals surface area (Å²) in [4.78, 5) is 13.0. The number of carbonyl (C=O) groups is 1. The SMILES string of the molecule is CC(=O)c1ccc(N2CC(O)C(O)C2)cc1. The van der Waals surface area contributed by atoms with E-state index in [1.165, 1.54) is 6.92 Å². The third kappa shape index (κ3) is 2.08. The standard InChI is InChI=1S/C12H15NO3/c1-8(14)9-2-4-10(5-3-9)13-6-11(15)12(16)7-13/h2-5,11-12,15-16H,6-7H2,1H3. The van der Waals surface area contributed by atoms with Gasteiger partial charge in [0.05, 0.1) is 12.2 Å². The third-order valence-electron chi connectivity index (χ3n) is 2.90. The lowest BCUT2D eigenvalue weighted by molar-refractivity contribution is 0.0572. The molecule has 1 aromatic carbocycles. The Hall–Kier alpha value is -1.39. The van der Waals surface area contributed by atoms with Crippen molar-refractivity contribution in [3.63, 3.8) is 0 Å². The molecule has 1 aliphatic rings. The molecule has 0 saturated carbocycles. The second kappa shape index (κ2) is 4.23. The highest BCUT2D eigenvalue weighted by Crippen LogP contribution is 2.21. The van der Waals surface area contributed by atoms with Crippen molar-refractivity contribution in [3.8, 4) is 0 Å². The van der Waals surface area contributed by atoms with Gasteiger partial charge in [0.1, 0.15) is 0 Å². The summed E-state index contributed by atoms with van der Waals surface area (Å²) in [5, 5.41) is 18.9. The zero-order valence-corrected chi connectivity index (χ0v) is 9.13. The number of benzene rings is 1. The molecule has 4 nitrogen and oxygen atoms in total. The highest BCUT2D eigenvalue weighted by Gasteiger charge is 2.29. The summed E-state index contributed by atoms with van der Waals surface area (Å²) < 4.78 is 0. The third-order valence-corrected chi connectivity index (χ3v) is 2.90. The van der Waals surface area contributed by atoms with Gasteiger partial charge in [0, 0.05) is 24.3 Å². The van der Waals surface area contributed by atoms with E-state index in [4.69, 9.17) is 0 Å². The first-order valence-corrected chi connectivity index (χ1v) is 5.30. The summed E-state index contributed by atoms with van der Waals surface area (Å²) in [7, 11) is 0. The van der Waals surface area contributed by atoms with Crippen molar-refractivity contribution >= 4 is 11.5 Å². The number of aliphatic hydroxyl groups is 2. The van der Waals surface area contributed by atoms with E-state index in [1.807, 2.05) is 17.0 Å². The first-order chi connectivity index (χ1) is 7.58. The van der Waals surface area contributed by atoms with Crippen LogP contribution in [0.5, 0.6) is 0 Å². The Kier molecular flexibility index (Phi) is 2.94. The van der Waals surface area contributed by atoms with Crippen molar-refractivity contribution < 1.29 is 15.0 Å². The minimum atomic E-state index is -0.688. The van der Waals surface area contributed by atoms with E-state index >= 15 is 0 Å². The number of carbonyl (C=O) groups excluding carboxylic acids is 1. The summed E-state index contributed by atoms with van der Waals surface area (Å²) in [5.74, 6) is 0.0352. The lowest BCUT2D eigenvalue weighted by Crippen LogP contribution is -2.22. The van der Waals surface area contributed by atoms with Gasteiger partial charge < -0.3 is 15.1 Å². The molecule has 2 unspecified atom stereocenters. The number of β-amino-alcohol motifs (C(OH)–C–C–N with tert-alkyl or cyclic N) is 2. The number of Topliss-reactive ketones (excluding diaryl/α,β-unsaturated/α-hetero) is 1. The van der Waals surface area contributed by atoms with E-state index in [0.717, 1.165) is 5.69 Å². The quantitative estimate of drug-likeness (QED) is 0.711. The number of hydrogen-bond acceptors (Lipinski definition) is 4. The van der Waals surface area contributed by atoms with Gasteiger partial charge >= 0.3 is 0 Å². The number of anilines is 1. The van der Waals surface area contributed by atoms with Crippen molar-refractivity contribution in [1.82, 2.24) is 0 Å². The van der Waals surface area contributed by atoms with E-state index in [2.05, 4.69) is 0 Å². The summed E-state index contributed by atoms with van der Waals surface area (Å²) in [6.07, 6.45) is -1.38. The topological polar surface area (TPSA) is 60.8 Å². The second-order valence-corrected chi connectivity index (χ2v) is 4.14. The fraction of sp³-hybridized carbons (Fsp3) is 0.417. The lowest BCUT2D eigenvalue weighted by Gasteiger charge is -2.17. The van der Waals surface area contributed by atoms with Crippen LogP contribution in [0.3, 0.4) is 0 Å². The van der Waals surface area contributed by atoms with E-state index in [-0.39, 0.29) is 5.78 Å². The number of nitrogens with zero attached hydrogens (tertiary/aromatic N) is 1. The van der Waals surface area contributed by atoms with Crippen LogP contribution in [0.1, 0.15) is 17.3 Å². The molecule has 86 valence electrons. The maximum atomic E-state index is 11.1. The number of rotatable bonds is 2. The van der Waals surface area contributed by atoms with Gasteiger partial charge in [-0.3, -0.25) is 4.79 Å². The van der Waals surface area contributed by atoms with Gasteiger partial charge in [0.15, 0.2) is 5.78 Å². The van der Waals surface area contributed by atoms with Gasteiger partial charge in [-0.1, -0.05) is 0 Å². The highest BCUT2D eigenvalue weighted by molar-refractivity contribution is 5.94. The van der Waals surface area contributed by atoms with Crippen LogP contribution in [0, 0.1) is 0 Å². The maximum absolute atomic E-state index is 11.1. The molecule has 2 rings (SSSR count). The van der Waals surface area contributed by atoms with Crippen molar-refractivity contribution in [2.24, 2.45) is 0 Å². The molecule has 2 atom stereocenters. The van der Waals surface area contributed by atoms with Gasteiger partial charge in [-0.15, -0.1) is 0 Å². The van der Waals surface area contributed by atoms with E-state index in [9.17, 15) is 15.0 Å². The summed E-state index contributed by atoms with van der Waals surface area (Å²) >= 11 is 0. The average Bonchev–Trinajstić information content (AvgIpc) is 2.59. The van der Waals surface area contributed by atoms with Gasteiger partial charge in [-0.25, -0.2) is 0 Å². The van der Waals surface area contributed by atoms with Crippen LogP contribution in [-0.2, 0) is 0 Å². The van der Waals surface area contributed by atoms with Crippen LogP contribution in [0.2, 0.25) is 0 Å². The normalized spacial score (nSPS) is 24.8. The molecule has 4 heteroatoms. The predicted molar refractivity (Wildman–Crippen MR) is 60.7 cm³/mol. The van der Waals surface area contributed by atoms with Crippen LogP contribution in [-0.4, -0.2) is 41.3 Å². The van der Waals surface area contributed by atoms with Gasteiger partial charge in [-0.05, 0) is 31.2 Å². The molecule has 16 heavy (non-hydrogen) atoms. The Bertz CT molecular complexity index is 378. The molecule has 1 aliphatic heterocycles. The molecule has 0 aromatic heterocycles. The fourth-order valence-corrected chi connectivity index (χ4v) is 1.89. The number of hydrogen-bond donors (Lipinski definition) is 2. The minimum Gasteiger partial charge on any atom is -0.389 e. The Morgan fingerprint density at radius 1 is 1.19 bits per heavy atom. The highest BCUT2D eigenvalue weighted by atomic mass is 16.3. The number of ketones is 1. The molecule has 1 aromatic rings. The van der Waals surface area contributed by atoms with Gasteiger partial charge in [0.25, 0.3) is 0 Å². The predicted octanol–water partition coefficient (Wildman–Crippen LogP) is 0.431. The van der Waals surface area contributed by atoms with Crippen LogP contribution >= 0.6 is 0 Å². The average molecular weight is 221 g/mol. The Balaban J connectivity index is 2.14. The molecule has 0 bridgehead atoms. The number of aliphatic hydroxyl groups excluding tert-OH is 2. The Morgan fingerprint density at radius 2 is 1.69 bits per heavy atom. The van der Waals surface area contributed by atoms with E-state index in [1.54, 1.807) is 12.1 Å². The molecule has 0 aliphatic carbocycles. The molecule has 2 N–H and O–H groups in total. The summed E-state index contributed by atoms with van der Waals surface area (Å²) in [6, 6.07) is 7.19.